The number of unbranched alkanes of at least 4 members (excludes halogenated alkanes) is 2. The molecule has 0 atom stereocenters. The highest BCUT2D eigenvalue weighted by atomic mass is 16.1. The van der Waals surface area contributed by atoms with Crippen molar-refractivity contribution in [3.05, 3.63) is 35.5 Å². The van der Waals surface area contributed by atoms with E-state index in [0.29, 0.717) is 6.42 Å². The zero-order valence-electron chi connectivity index (χ0n) is 15.3. The summed E-state index contributed by atoms with van der Waals surface area (Å²) in [4.78, 5) is 17.3. The summed E-state index contributed by atoms with van der Waals surface area (Å²) in [5, 5.41) is 4.27. The van der Waals surface area contributed by atoms with E-state index in [1.54, 1.807) is 0 Å². The molecule has 1 heterocycles. The van der Waals surface area contributed by atoms with Gasteiger partial charge >= 0.3 is 0 Å². The SMILES string of the molecule is CCCCC(=O)Nc1c(CCC)c(CCCC)nc2ccccc12. The number of nitrogens with one attached hydrogen (secondary N) is 1. The average molecular weight is 326 g/mol. The molecule has 1 aromatic heterocycles. The van der Waals surface area contributed by atoms with E-state index in [2.05, 4.69) is 32.2 Å². The van der Waals surface area contributed by atoms with Crippen LogP contribution in [0.5, 0.6) is 0 Å². The van der Waals surface area contributed by atoms with E-state index in [-0.39, 0.29) is 5.91 Å². The number of anilines is 1. The van der Waals surface area contributed by atoms with Crippen LogP contribution in [-0.2, 0) is 17.6 Å². The number of aromatic nitrogens is 1. The molecule has 0 aliphatic rings. The van der Waals surface area contributed by atoms with E-state index in [4.69, 9.17) is 4.98 Å². The summed E-state index contributed by atoms with van der Waals surface area (Å²) < 4.78 is 0. The van der Waals surface area contributed by atoms with Gasteiger partial charge in [0, 0.05) is 17.5 Å². The minimum absolute atomic E-state index is 0.118. The van der Waals surface area contributed by atoms with Gasteiger partial charge in [0.2, 0.25) is 5.91 Å². The lowest BCUT2D eigenvalue weighted by Crippen LogP contribution is -2.15. The van der Waals surface area contributed by atoms with Crippen molar-refractivity contribution in [1.82, 2.24) is 4.98 Å². The van der Waals surface area contributed by atoms with Crippen LogP contribution in [0.2, 0.25) is 0 Å². The van der Waals surface area contributed by atoms with Crippen molar-refractivity contribution in [2.75, 3.05) is 5.32 Å². The topological polar surface area (TPSA) is 42.0 Å². The predicted molar refractivity (Wildman–Crippen MR) is 103 cm³/mol. The molecule has 0 aliphatic carbocycles. The molecular weight excluding hydrogens is 296 g/mol. The fraction of sp³-hybridized carbons (Fsp3) is 0.524. The number of pyridine rings is 1. The summed E-state index contributed by atoms with van der Waals surface area (Å²) in [5.41, 5.74) is 4.36. The number of fused-ring (bicyclic) bond motifs is 1. The molecular formula is C21H30N2O. The molecule has 1 N–H and O–H groups in total. The normalized spacial score (nSPS) is 11.0. The first-order chi connectivity index (χ1) is 11.7. The standard InChI is InChI=1S/C21H30N2O/c1-4-7-13-18-16(11-6-3)21(23-20(24)15-8-5-2)17-12-9-10-14-19(17)22-18/h9-10,12,14H,4-8,11,13,15H2,1-3H3,(H,22,23,24). The van der Waals surface area contributed by atoms with Gasteiger partial charge < -0.3 is 5.32 Å². The molecule has 0 spiro atoms. The summed E-state index contributed by atoms with van der Waals surface area (Å²) in [6, 6.07) is 8.15. The Balaban J connectivity index is 2.49. The predicted octanol–water partition coefficient (Wildman–Crippen LogP) is 5.66. The lowest BCUT2D eigenvalue weighted by atomic mass is 9.98. The van der Waals surface area contributed by atoms with Crippen LogP contribution >= 0.6 is 0 Å². The smallest absolute Gasteiger partial charge is 0.224 e. The van der Waals surface area contributed by atoms with E-state index < -0.39 is 0 Å². The largest absolute Gasteiger partial charge is 0.325 e. The first kappa shape index (κ1) is 18.4. The number of carbonyl (C=O) groups is 1. The highest BCUT2D eigenvalue weighted by Gasteiger charge is 2.16. The second kappa shape index (κ2) is 9.41. The maximum absolute atomic E-state index is 12.4. The van der Waals surface area contributed by atoms with Crippen LogP contribution < -0.4 is 5.32 Å². The Morgan fingerprint density at radius 2 is 1.75 bits per heavy atom. The molecule has 0 fully saturated rings. The Morgan fingerprint density at radius 3 is 2.46 bits per heavy atom. The Bertz CT molecular complexity index is 679. The third-order valence-electron chi connectivity index (χ3n) is 4.37. The lowest BCUT2D eigenvalue weighted by Gasteiger charge is -2.18. The molecule has 0 saturated carbocycles. The number of amides is 1. The number of para-hydroxylation sites is 1. The number of hydrogen-bond acceptors (Lipinski definition) is 2. The van der Waals surface area contributed by atoms with Crippen LogP contribution in [0.1, 0.15) is 70.6 Å². The van der Waals surface area contributed by atoms with Crippen LogP contribution in [0.25, 0.3) is 10.9 Å². The molecule has 0 unspecified atom stereocenters. The molecule has 1 amide bonds. The van der Waals surface area contributed by atoms with Crippen molar-refractivity contribution in [1.29, 1.82) is 0 Å². The third-order valence-corrected chi connectivity index (χ3v) is 4.37. The van der Waals surface area contributed by atoms with Gasteiger partial charge in [-0.2, -0.15) is 0 Å². The number of hydrogen-bond donors (Lipinski definition) is 1. The van der Waals surface area contributed by atoms with Gasteiger partial charge in [0.05, 0.1) is 11.2 Å². The van der Waals surface area contributed by atoms with Crippen molar-refractivity contribution in [3.63, 3.8) is 0 Å². The van der Waals surface area contributed by atoms with Crippen molar-refractivity contribution < 1.29 is 4.79 Å². The maximum Gasteiger partial charge on any atom is 0.224 e. The zero-order valence-corrected chi connectivity index (χ0v) is 15.3. The fourth-order valence-corrected chi connectivity index (χ4v) is 3.05. The second-order valence-corrected chi connectivity index (χ2v) is 6.43. The molecule has 3 nitrogen and oxygen atoms in total. The highest BCUT2D eigenvalue weighted by Crippen LogP contribution is 2.31. The number of nitrogens with zero attached hydrogens (tertiary/aromatic N) is 1. The Labute approximate surface area is 145 Å². The quantitative estimate of drug-likeness (QED) is 0.646. The Hall–Kier alpha value is -1.90. The van der Waals surface area contributed by atoms with E-state index in [1.165, 1.54) is 5.56 Å². The number of aryl methyl sites for hydroxylation is 1. The van der Waals surface area contributed by atoms with Gasteiger partial charge in [-0.15, -0.1) is 0 Å². The van der Waals surface area contributed by atoms with Crippen LogP contribution in [-0.4, -0.2) is 10.9 Å². The molecule has 0 radical (unpaired) electrons. The van der Waals surface area contributed by atoms with E-state index >= 15 is 0 Å². The van der Waals surface area contributed by atoms with E-state index in [0.717, 1.165) is 67.2 Å². The van der Waals surface area contributed by atoms with E-state index in [9.17, 15) is 4.79 Å². The molecule has 24 heavy (non-hydrogen) atoms. The summed E-state index contributed by atoms with van der Waals surface area (Å²) in [5.74, 6) is 0.118. The fourth-order valence-electron chi connectivity index (χ4n) is 3.05. The van der Waals surface area contributed by atoms with E-state index in [1.807, 2.05) is 18.2 Å². The van der Waals surface area contributed by atoms with Gasteiger partial charge in [-0.05, 0) is 37.3 Å². The van der Waals surface area contributed by atoms with Crippen molar-refractivity contribution in [2.45, 2.75) is 72.1 Å². The first-order valence-electron chi connectivity index (χ1n) is 9.41. The molecule has 0 aliphatic heterocycles. The van der Waals surface area contributed by atoms with Crippen molar-refractivity contribution in [3.8, 4) is 0 Å². The number of benzene rings is 1. The third kappa shape index (κ3) is 4.56. The van der Waals surface area contributed by atoms with Crippen LogP contribution in [0.15, 0.2) is 24.3 Å². The van der Waals surface area contributed by atoms with Gasteiger partial charge in [0.1, 0.15) is 0 Å². The maximum atomic E-state index is 12.4. The van der Waals surface area contributed by atoms with Crippen LogP contribution in [0.3, 0.4) is 0 Å². The Morgan fingerprint density at radius 1 is 1.00 bits per heavy atom. The summed E-state index contributed by atoms with van der Waals surface area (Å²) >= 11 is 0. The molecule has 1 aromatic carbocycles. The van der Waals surface area contributed by atoms with Gasteiger partial charge in [-0.3, -0.25) is 9.78 Å². The minimum atomic E-state index is 0.118. The number of carbonyl (C=O) groups excluding carboxylic acids is 1. The average Bonchev–Trinajstić information content (AvgIpc) is 2.60. The first-order valence-corrected chi connectivity index (χ1v) is 9.41. The van der Waals surface area contributed by atoms with Gasteiger partial charge in [0.25, 0.3) is 0 Å². The summed E-state index contributed by atoms with van der Waals surface area (Å²) in [7, 11) is 0. The molecule has 0 bridgehead atoms. The molecule has 130 valence electrons. The molecule has 2 rings (SSSR count). The molecule has 3 heteroatoms. The monoisotopic (exact) mass is 326 g/mol. The van der Waals surface area contributed by atoms with Gasteiger partial charge in [-0.25, -0.2) is 0 Å². The minimum Gasteiger partial charge on any atom is -0.325 e. The molecule has 2 aromatic rings. The van der Waals surface area contributed by atoms with Crippen molar-refractivity contribution in [2.24, 2.45) is 0 Å². The zero-order chi connectivity index (χ0) is 17.4. The lowest BCUT2D eigenvalue weighted by molar-refractivity contribution is -0.116. The van der Waals surface area contributed by atoms with Crippen LogP contribution in [0, 0.1) is 0 Å². The van der Waals surface area contributed by atoms with Gasteiger partial charge in [0.15, 0.2) is 0 Å². The van der Waals surface area contributed by atoms with Crippen molar-refractivity contribution >= 4 is 22.5 Å². The molecule has 0 saturated heterocycles. The highest BCUT2D eigenvalue weighted by molar-refractivity contribution is 6.02. The van der Waals surface area contributed by atoms with Gasteiger partial charge in [-0.1, -0.05) is 58.2 Å². The Kier molecular flexibility index (Phi) is 7.23. The second-order valence-electron chi connectivity index (χ2n) is 6.43. The number of rotatable bonds is 9. The summed E-state index contributed by atoms with van der Waals surface area (Å²) in [6.07, 6.45) is 7.83. The summed E-state index contributed by atoms with van der Waals surface area (Å²) in [6.45, 7) is 6.50. The van der Waals surface area contributed by atoms with Crippen LogP contribution in [0.4, 0.5) is 5.69 Å².